The number of benzene rings is 3. The molecule has 4 aromatic rings. The third-order valence-electron chi connectivity index (χ3n) is 11.1. The van der Waals surface area contributed by atoms with E-state index in [1.165, 1.54) is 0 Å². The number of aliphatic hydroxyl groups is 1. The number of aliphatic hydroxyl groups excluding tert-OH is 1. The van der Waals surface area contributed by atoms with E-state index in [0.29, 0.717) is 37.4 Å². The number of amides is 2. The Morgan fingerprint density at radius 3 is 2.63 bits per heavy atom. The molecule has 52 heavy (non-hydrogen) atoms. The maximum atomic E-state index is 16.4. The molecule has 0 bridgehead atoms. The summed E-state index contributed by atoms with van der Waals surface area (Å²) < 4.78 is 25.9. The highest BCUT2D eigenvalue weighted by Gasteiger charge is 2.66. The van der Waals surface area contributed by atoms with E-state index in [2.05, 4.69) is 36.9 Å². The molecular weight excluding hydrogens is 743 g/mol. The Morgan fingerprint density at radius 1 is 1.17 bits per heavy atom. The molecule has 4 heterocycles. The Hall–Kier alpha value is -3.75. The van der Waals surface area contributed by atoms with Crippen LogP contribution >= 0.6 is 15.9 Å². The van der Waals surface area contributed by atoms with E-state index in [1.54, 1.807) is 22.7 Å². The van der Waals surface area contributed by atoms with Crippen molar-refractivity contribution in [2.75, 3.05) is 29.9 Å². The molecule has 274 valence electrons. The van der Waals surface area contributed by atoms with E-state index in [-0.39, 0.29) is 30.3 Å². The van der Waals surface area contributed by atoms with Gasteiger partial charge in [-0.05, 0) is 80.4 Å². The van der Waals surface area contributed by atoms with Crippen LogP contribution in [-0.4, -0.2) is 66.1 Å². The van der Waals surface area contributed by atoms with Gasteiger partial charge in [-0.15, -0.1) is 5.10 Å². The molecule has 7 rings (SSSR count). The first-order valence-corrected chi connectivity index (χ1v) is 21.9. The Bertz CT molecular complexity index is 1900. The highest BCUT2D eigenvalue weighted by molar-refractivity contribution is 9.10. The number of hydrogen-bond acceptors (Lipinski definition) is 7. The van der Waals surface area contributed by atoms with Crippen LogP contribution < -0.4 is 15.5 Å². The zero-order valence-electron chi connectivity index (χ0n) is 29.8. The molecule has 0 saturated carbocycles. The third kappa shape index (κ3) is 7.01. The molecule has 0 aliphatic carbocycles. The Balaban J connectivity index is 1.11. The highest BCUT2D eigenvalue weighted by atomic mass is 79.9. The van der Waals surface area contributed by atoms with Gasteiger partial charge in [-0.1, -0.05) is 70.5 Å². The molecule has 1 spiro atoms. The normalized spacial score (nSPS) is 25.0. The van der Waals surface area contributed by atoms with Crippen molar-refractivity contribution >= 4 is 47.5 Å². The molecule has 6 atom stereocenters. The van der Waals surface area contributed by atoms with Crippen LogP contribution in [-0.2, 0) is 33.0 Å². The van der Waals surface area contributed by atoms with Crippen LogP contribution in [0.1, 0.15) is 54.5 Å². The van der Waals surface area contributed by atoms with Crippen molar-refractivity contribution in [3.8, 4) is 0 Å². The molecule has 10 nitrogen and oxygen atoms in total. The summed E-state index contributed by atoms with van der Waals surface area (Å²) in [5, 5.41) is 25.2. The number of nitrogens with one attached hydrogen (secondary N) is 2. The zero-order valence-corrected chi connectivity index (χ0v) is 32.4. The fourth-order valence-electron chi connectivity index (χ4n) is 8.54. The summed E-state index contributed by atoms with van der Waals surface area (Å²) in [6.45, 7) is 7.60. The van der Waals surface area contributed by atoms with E-state index < -0.39 is 31.6 Å². The van der Waals surface area contributed by atoms with Gasteiger partial charge < -0.3 is 29.5 Å². The first-order chi connectivity index (χ1) is 25.0. The predicted octanol–water partition coefficient (Wildman–Crippen LogP) is 6.52. The highest BCUT2D eigenvalue weighted by Crippen LogP contribution is 2.60. The fourth-order valence-corrected chi connectivity index (χ4v) is 11.4. The van der Waals surface area contributed by atoms with Gasteiger partial charge in [-0.2, -0.15) is 0 Å². The summed E-state index contributed by atoms with van der Waals surface area (Å²) in [4.78, 5) is 29.4. The van der Waals surface area contributed by atoms with Crippen molar-refractivity contribution < 1.29 is 23.5 Å². The van der Waals surface area contributed by atoms with Crippen LogP contribution in [0.2, 0.25) is 18.6 Å². The molecule has 13 heteroatoms. The summed E-state index contributed by atoms with van der Waals surface area (Å²) >= 11 is 3.62. The van der Waals surface area contributed by atoms with E-state index in [0.717, 1.165) is 46.2 Å². The van der Waals surface area contributed by atoms with Gasteiger partial charge in [0.2, 0.25) is 14.3 Å². The van der Waals surface area contributed by atoms with Gasteiger partial charge in [-0.3, -0.25) is 14.3 Å². The van der Waals surface area contributed by atoms with Gasteiger partial charge in [0.25, 0.3) is 5.91 Å². The lowest BCUT2D eigenvalue weighted by atomic mass is 9.82. The van der Waals surface area contributed by atoms with Crippen LogP contribution in [0.15, 0.2) is 83.5 Å². The van der Waals surface area contributed by atoms with Crippen molar-refractivity contribution in [1.82, 2.24) is 20.3 Å². The number of fused-ring (bicyclic) bond motifs is 2. The number of hydrogen-bond donors (Lipinski definition) is 3. The van der Waals surface area contributed by atoms with Crippen molar-refractivity contribution in [2.24, 2.45) is 11.8 Å². The minimum Gasteiger partial charge on any atom is -0.395 e. The molecule has 1 aromatic heterocycles. The second-order valence-electron chi connectivity index (χ2n) is 14.9. The summed E-state index contributed by atoms with van der Waals surface area (Å²) in [7, 11) is -3.36. The van der Waals surface area contributed by atoms with E-state index in [1.807, 2.05) is 85.9 Å². The van der Waals surface area contributed by atoms with Gasteiger partial charge in [0.1, 0.15) is 0 Å². The molecular formula is C39H46BrFN6O4Si. The number of anilines is 2. The molecule has 3 N–H and O–H groups in total. The topological polar surface area (TPSA) is 122 Å². The summed E-state index contributed by atoms with van der Waals surface area (Å²) in [5.74, 6) is -0.967. The van der Waals surface area contributed by atoms with Gasteiger partial charge in [0.05, 0.1) is 42.5 Å². The van der Waals surface area contributed by atoms with Crippen molar-refractivity contribution in [2.45, 2.75) is 75.5 Å². The lowest BCUT2D eigenvalue weighted by Crippen LogP contribution is -2.45. The molecule has 2 unspecified atom stereocenters. The summed E-state index contributed by atoms with van der Waals surface area (Å²) in [6, 6.07) is 23.1. The Labute approximate surface area is 313 Å². The van der Waals surface area contributed by atoms with E-state index in [9.17, 15) is 14.7 Å². The second kappa shape index (κ2) is 14.9. The van der Waals surface area contributed by atoms with Crippen LogP contribution in [0, 0.1) is 11.8 Å². The number of halogens is 2. The van der Waals surface area contributed by atoms with Crippen LogP contribution in [0.5, 0.6) is 0 Å². The zero-order chi connectivity index (χ0) is 36.6. The summed E-state index contributed by atoms with van der Waals surface area (Å²) in [5.41, 5.74) is 2.89. The Morgan fingerprint density at radius 2 is 1.94 bits per heavy atom. The molecule has 3 aliphatic rings. The number of piperidine rings is 1. The number of aryl methyl sites for hydroxylation is 1. The molecule has 0 radical (unpaired) electrons. The maximum absolute atomic E-state index is 16.4. The number of nitrogens with zero attached hydrogens (tertiary/aromatic N) is 4. The SMILES string of the molecule is C[C@@H]1[C@@H]([Si](C)(C)F)[C@H](CCn2cc(C(CO)c3ccccc3)nn2)O[C@@]12C(=O)N(Cc1ccc(NC(=O)C3CCCNC3)cc1)c1ccc(Br)cc12. The van der Waals surface area contributed by atoms with Gasteiger partial charge in [0, 0.05) is 46.5 Å². The van der Waals surface area contributed by atoms with Crippen molar-refractivity contribution in [3.05, 3.63) is 106 Å². The minimum atomic E-state index is -3.36. The smallest absolute Gasteiger partial charge is 0.264 e. The van der Waals surface area contributed by atoms with Crippen LogP contribution in [0.3, 0.4) is 0 Å². The predicted molar refractivity (Wildman–Crippen MR) is 204 cm³/mol. The molecule has 2 fully saturated rings. The average molecular weight is 790 g/mol. The second-order valence-corrected chi connectivity index (χ2v) is 19.6. The summed E-state index contributed by atoms with van der Waals surface area (Å²) in [6.07, 6.45) is 3.59. The minimum absolute atomic E-state index is 0.0118. The third-order valence-corrected chi connectivity index (χ3v) is 14.0. The van der Waals surface area contributed by atoms with E-state index >= 15 is 4.11 Å². The molecule has 3 aromatic carbocycles. The lowest BCUT2D eigenvalue weighted by molar-refractivity contribution is -0.146. The van der Waals surface area contributed by atoms with Crippen LogP contribution in [0.25, 0.3) is 0 Å². The van der Waals surface area contributed by atoms with Crippen molar-refractivity contribution in [1.29, 1.82) is 0 Å². The monoisotopic (exact) mass is 788 g/mol. The number of rotatable bonds is 11. The molecule has 2 saturated heterocycles. The van der Waals surface area contributed by atoms with Gasteiger partial charge in [-0.25, -0.2) is 0 Å². The standard InChI is InChI=1S/C39H46BrFN6O4Si/c1-25-36(52(2,3)41)35(17-19-46-23-33(44-45-46)31(24-48)27-8-5-4-6-9-27)51-39(25)32-20-29(40)13-16-34(32)47(38(39)50)22-26-11-14-30(15-12-26)43-37(49)28-10-7-18-42-21-28/h4-6,8-9,11-16,20,23,25,28,31,35-36,42,48H,7,10,17-19,21-22,24H2,1-3H3,(H,43,49)/t25-,28?,31?,35+,36-,39+/m1/s1. The molecule has 3 aliphatic heterocycles. The lowest BCUT2D eigenvalue weighted by Gasteiger charge is -2.31. The first-order valence-electron chi connectivity index (χ1n) is 18.1. The maximum Gasteiger partial charge on any atom is 0.264 e. The number of carbonyl (C=O) groups is 2. The number of ether oxygens (including phenoxy) is 1. The number of aromatic nitrogens is 3. The Kier molecular flexibility index (Phi) is 10.5. The average Bonchev–Trinajstić information content (AvgIpc) is 3.79. The van der Waals surface area contributed by atoms with Gasteiger partial charge >= 0.3 is 0 Å². The van der Waals surface area contributed by atoms with Crippen molar-refractivity contribution in [3.63, 3.8) is 0 Å². The number of carbonyl (C=O) groups excluding carboxylic acids is 2. The first kappa shape index (κ1) is 36.6. The van der Waals surface area contributed by atoms with Crippen LogP contribution in [0.4, 0.5) is 15.5 Å². The largest absolute Gasteiger partial charge is 0.395 e. The quantitative estimate of drug-likeness (QED) is 0.117. The fraction of sp³-hybridized carbons (Fsp3) is 0.436. The van der Waals surface area contributed by atoms with Gasteiger partial charge in [0.15, 0.2) is 5.60 Å². The molecule has 2 amide bonds. The van der Waals surface area contributed by atoms with E-state index in [4.69, 9.17) is 4.74 Å².